The van der Waals surface area contributed by atoms with Gasteiger partial charge in [0.25, 0.3) is 0 Å². The third-order valence-corrected chi connectivity index (χ3v) is 2.13. The zero-order valence-electron chi connectivity index (χ0n) is 6.27. The molecule has 0 aliphatic heterocycles. The Hall–Kier alpha value is -0.650. The first-order valence-corrected chi connectivity index (χ1v) is 4.53. The maximum Gasteiger partial charge on any atom is 0.0763 e. The predicted octanol–water partition coefficient (Wildman–Crippen LogP) is 3.15. The van der Waals surface area contributed by atoms with Gasteiger partial charge in [-0.3, -0.25) is 0 Å². The number of rotatable bonds is 2. The largest absolute Gasteiger partial charge is 0.373 e. The Kier molecular flexibility index (Phi) is 3.46. The monoisotopic (exact) mass is 243 g/mol. The molecule has 12 heavy (non-hydrogen) atoms. The summed E-state index contributed by atoms with van der Waals surface area (Å²) in [4.78, 5) is 0. The Balaban J connectivity index is 2.84. The predicted molar refractivity (Wildman–Crippen MR) is 56.5 cm³/mol. The summed E-state index contributed by atoms with van der Waals surface area (Å²) in [6.07, 6.45) is 5.10. The van der Waals surface area contributed by atoms with Crippen LogP contribution in [0.2, 0.25) is 5.02 Å². The molecule has 3 heteroatoms. The quantitative estimate of drug-likeness (QED) is 0.788. The minimum absolute atomic E-state index is 0.482. The molecular formula is C9H7BrClN. The lowest BCUT2D eigenvalue weighted by Gasteiger charge is -2.04. The highest BCUT2D eigenvalue weighted by Gasteiger charge is 1.98. The van der Waals surface area contributed by atoms with Gasteiger partial charge in [0.15, 0.2) is 0 Å². The molecule has 0 heterocycles. The van der Waals surface area contributed by atoms with Crippen molar-refractivity contribution < 1.29 is 0 Å². The van der Waals surface area contributed by atoms with Crippen molar-refractivity contribution in [2.75, 3.05) is 11.9 Å². The second-order valence-electron chi connectivity index (χ2n) is 2.18. The number of anilines is 1. The molecule has 0 aliphatic rings. The van der Waals surface area contributed by atoms with Gasteiger partial charge in [0, 0.05) is 4.47 Å². The van der Waals surface area contributed by atoms with Crippen LogP contribution in [0.5, 0.6) is 0 Å². The third-order valence-electron chi connectivity index (χ3n) is 1.31. The van der Waals surface area contributed by atoms with E-state index in [0.717, 1.165) is 10.2 Å². The van der Waals surface area contributed by atoms with Crippen LogP contribution in [-0.2, 0) is 0 Å². The second kappa shape index (κ2) is 4.39. The normalized spacial score (nSPS) is 9.08. The molecule has 0 amide bonds. The average molecular weight is 245 g/mol. The Morgan fingerprint density at radius 1 is 1.58 bits per heavy atom. The standard InChI is InChI=1S/C9H7BrClN/c1-2-5-12-9-6-7(10)3-4-8(9)11/h1,3-4,6,12H,5H2. The minimum Gasteiger partial charge on any atom is -0.373 e. The van der Waals surface area contributed by atoms with Crippen molar-refractivity contribution in [3.05, 3.63) is 27.7 Å². The topological polar surface area (TPSA) is 12.0 Å². The van der Waals surface area contributed by atoms with Gasteiger partial charge >= 0.3 is 0 Å². The van der Waals surface area contributed by atoms with Crippen LogP contribution < -0.4 is 5.32 Å². The molecule has 1 aromatic carbocycles. The van der Waals surface area contributed by atoms with Crippen molar-refractivity contribution in [1.82, 2.24) is 0 Å². The van der Waals surface area contributed by atoms with Crippen LogP contribution in [0.4, 0.5) is 5.69 Å². The molecule has 0 unspecified atom stereocenters. The van der Waals surface area contributed by atoms with Gasteiger partial charge in [-0.25, -0.2) is 0 Å². The Bertz CT molecular complexity index is 317. The third kappa shape index (κ3) is 2.44. The van der Waals surface area contributed by atoms with Crippen LogP contribution in [0.25, 0.3) is 0 Å². The molecule has 0 saturated heterocycles. The van der Waals surface area contributed by atoms with Gasteiger partial charge in [0.05, 0.1) is 17.3 Å². The van der Waals surface area contributed by atoms with Crippen molar-refractivity contribution in [3.8, 4) is 12.3 Å². The summed E-state index contributed by atoms with van der Waals surface area (Å²) in [5, 5.41) is 3.68. The van der Waals surface area contributed by atoms with E-state index in [9.17, 15) is 0 Å². The van der Waals surface area contributed by atoms with E-state index >= 15 is 0 Å². The fourth-order valence-electron chi connectivity index (χ4n) is 0.779. The van der Waals surface area contributed by atoms with E-state index in [0.29, 0.717) is 11.6 Å². The average Bonchev–Trinajstić information content (AvgIpc) is 2.07. The first kappa shape index (κ1) is 9.44. The SMILES string of the molecule is C#CCNc1cc(Br)ccc1Cl. The summed E-state index contributed by atoms with van der Waals surface area (Å²) in [5.41, 5.74) is 0.851. The summed E-state index contributed by atoms with van der Waals surface area (Å²) >= 11 is 9.22. The maximum absolute atomic E-state index is 5.88. The van der Waals surface area contributed by atoms with Gasteiger partial charge in [-0.15, -0.1) is 6.42 Å². The van der Waals surface area contributed by atoms with Gasteiger partial charge in [-0.1, -0.05) is 33.5 Å². The molecule has 1 rings (SSSR count). The number of benzene rings is 1. The summed E-state index contributed by atoms with van der Waals surface area (Å²) in [5.74, 6) is 2.48. The van der Waals surface area contributed by atoms with E-state index in [-0.39, 0.29) is 0 Å². The van der Waals surface area contributed by atoms with E-state index in [4.69, 9.17) is 18.0 Å². The van der Waals surface area contributed by atoms with E-state index in [1.54, 1.807) is 0 Å². The first-order chi connectivity index (χ1) is 5.74. The Morgan fingerprint density at radius 2 is 2.33 bits per heavy atom. The summed E-state index contributed by atoms with van der Waals surface area (Å²) < 4.78 is 0.978. The Morgan fingerprint density at radius 3 is 3.00 bits per heavy atom. The highest BCUT2D eigenvalue weighted by molar-refractivity contribution is 9.10. The van der Waals surface area contributed by atoms with E-state index in [1.165, 1.54) is 0 Å². The molecular weight excluding hydrogens is 237 g/mol. The number of hydrogen-bond acceptors (Lipinski definition) is 1. The van der Waals surface area contributed by atoms with Crippen molar-refractivity contribution in [2.24, 2.45) is 0 Å². The van der Waals surface area contributed by atoms with Gasteiger partial charge in [-0.05, 0) is 18.2 Å². The zero-order chi connectivity index (χ0) is 8.97. The molecule has 62 valence electrons. The molecule has 0 aromatic heterocycles. The van der Waals surface area contributed by atoms with Crippen molar-refractivity contribution >= 4 is 33.2 Å². The number of terminal acetylenes is 1. The summed E-state index contributed by atoms with van der Waals surface area (Å²) in [6.45, 7) is 0.482. The smallest absolute Gasteiger partial charge is 0.0763 e. The van der Waals surface area contributed by atoms with Crippen LogP contribution in [0, 0.1) is 12.3 Å². The highest BCUT2D eigenvalue weighted by Crippen LogP contribution is 2.25. The zero-order valence-corrected chi connectivity index (χ0v) is 8.61. The molecule has 0 fully saturated rings. The van der Waals surface area contributed by atoms with Gasteiger partial charge in [-0.2, -0.15) is 0 Å². The molecule has 1 aromatic rings. The van der Waals surface area contributed by atoms with Crippen LogP contribution in [0.1, 0.15) is 0 Å². The lowest BCUT2D eigenvalue weighted by Crippen LogP contribution is -1.98. The fourth-order valence-corrected chi connectivity index (χ4v) is 1.32. The number of halogens is 2. The molecule has 0 saturated carbocycles. The molecule has 0 radical (unpaired) electrons. The molecule has 0 bridgehead atoms. The van der Waals surface area contributed by atoms with Gasteiger partial charge < -0.3 is 5.32 Å². The lowest BCUT2D eigenvalue weighted by atomic mass is 10.3. The van der Waals surface area contributed by atoms with Crippen LogP contribution in [-0.4, -0.2) is 6.54 Å². The summed E-state index contributed by atoms with van der Waals surface area (Å²) in [7, 11) is 0. The van der Waals surface area contributed by atoms with E-state index < -0.39 is 0 Å². The van der Waals surface area contributed by atoms with Crippen LogP contribution in [0.15, 0.2) is 22.7 Å². The highest BCUT2D eigenvalue weighted by atomic mass is 79.9. The van der Waals surface area contributed by atoms with Gasteiger partial charge in [0.1, 0.15) is 0 Å². The van der Waals surface area contributed by atoms with Crippen LogP contribution in [0.3, 0.4) is 0 Å². The number of hydrogen-bond donors (Lipinski definition) is 1. The summed E-state index contributed by atoms with van der Waals surface area (Å²) in [6, 6.07) is 5.58. The van der Waals surface area contributed by atoms with E-state index in [2.05, 4.69) is 27.2 Å². The van der Waals surface area contributed by atoms with E-state index in [1.807, 2.05) is 18.2 Å². The van der Waals surface area contributed by atoms with Gasteiger partial charge in [0.2, 0.25) is 0 Å². The minimum atomic E-state index is 0.482. The van der Waals surface area contributed by atoms with Crippen molar-refractivity contribution in [2.45, 2.75) is 0 Å². The van der Waals surface area contributed by atoms with Crippen molar-refractivity contribution in [1.29, 1.82) is 0 Å². The van der Waals surface area contributed by atoms with Crippen LogP contribution >= 0.6 is 27.5 Å². The maximum atomic E-state index is 5.88. The molecule has 1 nitrogen and oxygen atoms in total. The fraction of sp³-hybridized carbons (Fsp3) is 0.111. The second-order valence-corrected chi connectivity index (χ2v) is 3.50. The molecule has 0 aliphatic carbocycles. The lowest BCUT2D eigenvalue weighted by molar-refractivity contribution is 1.38. The molecule has 0 spiro atoms. The number of nitrogens with one attached hydrogen (secondary N) is 1. The first-order valence-electron chi connectivity index (χ1n) is 3.36. The molecule has 1 N–H and O–H groups in total. The van der Waals surface area contributed by atoms with Crippen molar-refractivity contribution in [3.63, 3.8) is 0 Å². The Labute approximate surface area is 85.2 Å². The molecule has 0 atom stereocenters.